The minimum absolute atomic E-state index is 0.139. The summed E-state index contributed by atoms with van der Waals surface area (Å²) in [7, 11) is 0. The molecule has 0 bridgehead atoms. The van der Waals surface area contributed by atoms with Crippen LogP contribution in [0.15, 0.2) is 52.2 Å². The molecule has 1 amide bonds. The number of primary amides is 1. The number of aromatic nitrogens is 3. The van der Waals surface area contributed by atoms with Crippen LogP contribution < -0.4 is 5.73 Å². The van der Waals surface area contributed by atoms with Crippen molar-refractivity contribution >= 4 is 17.7 Å². The van der Waals surface area contributed by atoms with Crippen LogP contribution in [0.5, 0.6) is 0 Å². The molecular weight excluding hydrogens is 393 g/mol. The molecule has 0 aliphatic rings. The molecule has 3 rings (SSSR count). The largest absolute Gasteiger partial charge is 0.467 e. The number of furan rings is 1. The summed E-state index contributed by atoms with van der Waals surface area (Å²) in [6, 6.07) is 8.57. The molecule has 148 valence electrons. The van der Waals surface area contributed by atoms with Gasteiger partial charge in [-0.15, -0.1) is 10.2 Å². The van der Waals surface area contributed by atoms with Gasteiger partial charge in [0, 0.05) is 18.6 Å². The normalized spacial score (nSPS) is 11.7. The van der Waals surface area contributed by atoms with Crippen molar-refractivity contribution in [1.29, 1.82) is 0 Å². The van der Waals surface area contributed by atoms with Crippen molar-refractivity contribution in [3.05, 3.63) is 65.4 Å². The van der Waals surface area contributed by atoms with E-state index in [-0.39, 0.29) is 6.42 Å². The Hall–Kier alpha value is -2.75. The van der Waals surface area contributed by atoms with Crippen molar-refractivity contribution in [2.24, 2.45) is 5.73 Å². The number of hydrogen-bond acceptors (Lipinski definition) is 5. The average Bonchev–Trinajstić information content (AvgIpc) is 3.28. The van der Waals surface area contributed by atoms with E-state index in [1.807, 2.05) is 10.6 Å². The van der Waals surface area contributed by atoms with E-state index in [1.165, 1.54) is 23.9 Å². The maximum Gasteiger partial charge on any atom is 0.416 e. The first kappa shape index (κ1) is 20.0. The molecule has 3 aromatic rings. The molecule has 0 unspecified atom stereocenters. The molecule has 6 nitrogen and oxygen atoms in total. The second-order valence-corrected chi connectivity index (χ2v) is 6.96. The lowest BCUT2D eigenvalue weighted by Gasteiger charge is -2.09. The fourth-order valence-corrected chi connectivity index (χ4v) is 3.41. The third kappa shape index (κ3) is 5.16. The van der Waals surface area contributed by atoms with Crippen LogP contribution in [0, 0.1) is 0 Å². The average molecular weight is 410 g/mol. The number of benzene rings is 1. The van der Waals surface area contributed by atoms with Gasteiger partial charge < -0.3 is 10.2 Å². The maximum absolute atomic E-state index is 12.7. The summed E-state index contributed by atoms with van der Waals surface area (Å²) < 4.78 is 45.2. The predicted molar refractivity (Wildman–Crippen MR) is 96.4 cm³/mol. The van der Waals surface area contributed by atoms with E-state index in [0.717, 1.165) is 17.7 Å². The fourth-order valence-electron chi connectivity index (χ4n) is 2.50. The van der Waals surface area contributed by atoms with Crippen LogP contribution in [0.25, 0.3) is 0 Å². The van der Waals surface area contributed by atoms with Gasteiger partial charge in [0.2, 0.25) is 5.91 Å². The second kappa shape index (κ2) is 8.51. The quantitative estimate of drug-likeness (QED) is 0.573. The highest BCUT2D eigenvalue weighted by molar-refractivity contribution is 7.98. The molecule has 0 saturated carbocycles. The Kier molecular flexibility index (Phi) is 6.08. The van der Waals surface area contributed by atoms with Crippen LogP contribution in [0.2, 0.25) is 0 Å². The predicted octanol–water partition coefficient (Wildman–Crippen LogP) is 3.65. The van der Waals surface area contributed by atoms with Crippen molar-refractivity contribution in [3.8, 4) is 0 Å². The second-order valence-electron chi connectivity index (χ2n) is 6.01. The molecule has 0 aliphatic carbocycles. The van der Waals surface area contributed by atoms with Crippen LogP contribution in [0.4, 0.5) is 13.2 Å². The van der Waals surface area contributed by atoms with Gasteiger partial charge in [0.15, 0.2) is 5.16 Å². The minimum Gasteiger partial charge on any atom is -0.467 e. The summed E-state index contributed by atoms with van der Waals surface area (Å²) in [5, 5.41) is 8.85. The molecule has 10 heteroatoms. The molecule has 2 N–H and O–H groups in total. The number of hydrogen-bond donors (Lipinski definition) is 1. The van der Waals surface area contributed by atoms with E-state index in [4.69, 9.17) is 10.2 Å². The lowest BCUT2D eigenvalue weighted by atomic mass is 10.1. The SMILES string of the molecule is NC(=O)CCc1nnc(SCc2ccc(C(F)(F)F)cc2)n1Cc1ccco1. The number of alkyl halides is 3. The standard InChI is InChI=1S/C18H17F3N4O2S/c19-18(20,21)13-5-3-12(4-6-13)11-28-17-24-23-16(8-7-15(22)26)25(17)10-14-2-1-9-27-14/h1-6,9H,7-8,10-11H2,(H2,22,26). The highest BCUT2D eigenvalue weighted by Crippen LogP contribution is 2.30. The smallest absolute Gasteiger partial charge is 0.416 e. The maximum atomic E-state index is 12.7. The van der Waals surface area contributed by atoms with E-state index >= 15 is 0 Å². The van der Waals surface area contributed by atoms with E-state index in [2.05, 4.69) is 10.2 Å². The third-order valence-electron chi connectivity index (χ3n) is 3.93. The summed E-state index contributed by atoms with van der Waals surface area (Å²) in [6.45, 7) is 0.378. The number of carbonyl (C=O) groups is 1. The Bertz CT molecular complexity index is 921. The lowest BCUT2D eigenvalue weighted by Crippen LogP contribution is -2.14. The van der Waals surface area contributed by atoms with Gasteiger partial charge in [-0.2, -0.15) is 13.2 Å². The van der Waals surface area contributed by atoms with Gasteiger partial charge in [-0.1, -0.05) is 23.9 Å². The summed E-state index contributed by atoms with van der Waals surface area (Å²) in [4.78, 5) is 11.1. The molecule has 0 fully saturated rings. The first-order valence-electron chi connectivity index (χ1n) is 8.34. The van der Waals surface area contributed by atoms with Crippen molar-refractivity contribution in [3.63, 3.8) is 0 Å². The number of aryl methyl sites for hydroxylation is 1. The highest BCUT2D eigenvalue weighted by atomic mass is 32.2. The lowest BCUT2D eigenvalue weighted by molar-refractivity contribution is -0.137. The highest BCUT2D eigenvalue weighted by Gasteiger charge is 2.29. The molecule has 2 aromatic heterocycles. The molecule has 0 spiro atoms. The zero-order chi connectivity index (χ0) is 20.1. The van der Waals surface area contributed by atoms with Crippen LogP contribution >= 0.6 is 11.8 Å². The van der Waals surface area contributed by atoms with Crippen molar-refractivity contribution in [2.75, 3.05) is 0 Å². The van der Waals surface area contributed by atoms with Crippen molar-refractivity contribution < 1.29 is 22.4 Å². The monoisotopic (exact) mass is 410 g/mol. The first-order chi connectivity index (χ1) is 13.3. The van der Waals surface area contributed by atoms with Crippen LogP contribution in [0.3, 0.4) is 0 Å². The molecule has 0 radical (unpaired) electrons. The zero-order valence-electron chi connectivity index (χ0n) is 14.6. The molecule has 2 heterocycles. The Morgan fingerprint density at radius 1 is 1.18 bits per heavy atom. The number of nitrogens with two attached hydrogens (primary N) is 1. The van der Waals surface area contributed by atoms with Crippen LogP contribution in [-0.2, 0) is 29.7 Å². The Morgan fingerprint density at radius 2 is 1.93 bits per heavy atom. The number of halogens is 3. The molecule has 0 atom stereocenters. The Balaban J connectivity index is 1.74. The summed E-state index contributed by atoms with van der Waals surface area (Å²) in [5.74, 6) is 1.26. The van der Waals surface area contributed by atoms with Gasteiger partial charge in [0.25, 0.3) is 0 Å². The minimum atomic E-state index is -4.36. The zero-order valence-corrected chi connectivity index (χ0v) is 15.5. The number of rotatable bonds is 8. The summed E-state index contributed by atoms with van der Waals surface area (Å²) >= 11 is 1.34. The van der Waals surface area contributed by atoms with Crippen LogP contribution in [-0.4, -0.2) is 20.7 Å². The van der Waals surface area contributed by atoms with E-state index < -0.39 is 17.6 Å². The van der Waals surface area contributed by atoms with Crippen molar-refractivity contribution in [2.45, 2.75) is 36.5 Å². The van der Waals surface area contributed by atoms with Gasteiger partial charge in [-0.3, -0.25) is 9.36 Å². The first-order valence-corrected chi connectivity index (χ1v) is 9.33. The molecule has 28 heavy (non-hydrogen) atoms. The number of carbonyl (C=O) groups excluding carboxylic acids is 1. The van der Waals surface area contributed by atoms with Gasteiger partial charge in [0.1, 0.15) is 11.6 Å². The Morgan fingerprint density at radius 3 is 2.54 bits per heavy atom. The van der Waals surface area contributed by atoms with Crippen molar-refractivity contribution in [1.82, 2.24) is 14.8 Å². The van der Waals surface area contributed by atoms with E-state index in [9.17, 15) is 18.0 Å². The van der Waals surface area contributed by atoms with E-state index in [1.54, 1.807) is 12.3 Å². The molecule has 1 aromatic carbocycles. The Labute approximate surface area is 162 Å². The number of amides is 1. The molecule has 0 aliphatic heterocycles. The number of thioether (sulfide) groups is 1. The summed E-state index contributed by atoms with van der Waals surface area (Å²) in [6.07, 6.45) is -2.33. The van der Waals surface area contributed by atoms with Crippen LogP contribution in [0.1, 0.15) is 29.1 Å². The van der Waals surface area contributed by atoms with Gasteiger partial charge >= 0.3 is 6.18 Å². The van der Waals surface area contributed by atoms with Gasteiger partial charge in [0.05, 0.1) is 18.4 Å². The topological polar surface area (TPSA) is 86.9 Å². The molecule has 0 saturated heterocycles. The summed E-state index contributed by atoms with van der Waals surface area (Å²) in [5.41, 5.74) is 5.25. The van der Waals surface area contributed by atoms with Gasteiger partial charge in [-0.25, -0.2) is 0 Å². The third-order valence-corrected chi connectivity index (χ3v) is 4.97. The molecular formula is C18H17F3N4O2S. The number of nitrogens with zero attached hydrogens (tertiary/aromatic N) is 3. The van der Waals surface area contributed by atoms with E-state index in [0.29, 0.717) is 35.5 Å². The van der Waals surface area contributed by atoms with Gasteiger partial charge in [-0.05, 0) is 29.8 Å². The fraction of sp³-hybridized carbons (Fsp3) is 0.278.